The second kappa shape index (κ2) is 8.32. The number of fused-ring (bicyclic) bond motifs is 4. The van der Waals surface area contributed by atoms with Crippen molar-refractivity contribution in [3.8, 4) is 28.9 Å². The first-order valence-electron chi connectivity index (χ1n) is 11.2. The number of aromatic hydroxyl groups is 1. The van der Waals surface area contributed by atoms with E-state index in [-0.39, 0.29) is 11.7 Å². The van der Waals surface area contributed by atoms with E-state index in [1.807, 2.05) is 42.5 Å². The summed E-state index contributed by atoms with van der Waals surface area (Å²) >= 11 is 0. The van der Waals surface area contributed by atoms with E-state index in [2.05, 4.69) is 22.2 Å². The third-order valence-electron chi connectivity index (χ3n) is 6.18. The van der Waals surface area contributed by atoms with Crippen molar-refractivity contribution in [2.75, 3.05) is 14.2 Å². The molecule has 0 amide bonds. The number of phenols is 1. The number of hydrogen-bond donors (Lipinski definition) is 1. The van der Waals surface area contributed by atoms with E-state index in [1.54, 1.807) is 37.2 Å². The zero-order chi connectivity index (χ0) is 23.9. The molecule has 6 rings (SSSR count). The largest absolute Gasteiger partial charge is 0.508 e. The van der Waals surface area contributed by atoms with Crippen LogP contribution in [0.3, 0.4) is 0 Å². The van der Waals surface area contributed by atoms with Crippen molar-refractivity contribution in [3.63, 3.8) is 0 Å². The molecule has 0 fully saturated rings. The quantitative estimate of drug-likeness (QED) is 0.393. The van der Waals surface area contributed by atoms with Gasteiger partial charge in [-0.25, -0.2) is 14.5 Å². The Balaban J connectivity index is 1.55. The fourth-order valence-corrected chi connectivity index (χ4v) is 4.58. The average Bonchev–Trinajstić information content (AvgIpc) is 3.30. The van der Waals surface area contributed by atoms with Gasteiger partial charge < -0.3 is 19.3 Å². The van der Waals surface area contributed by atoms with Crippen LogP contribution in [0.15, 0.2) is 73.1 Å². The van der Waals surface area contributed by atoms with Crippen LogP contribution < -0.4 is 14.2 Å². The van der Waals surface area contributed by atoms with Crippen LogP contribution in [0.25, 0.3) is 5.65 Å². The summed E-state index contributed by atoms with van der Waals surface area (Å²) in [5, 5.41) is 14.8. The standard InChI is InChI=1S/C27H22N4O4/c1-33-20-11-8-17(13-22(20)34-2)24-19-10-9-18(32)14-21(19)35-27-25(24)26-29-23(30-31(26)15-28-27)12-16-6-4-3-5-7-16/h3-11,13-15,24,32H,12H2,1-2H3/t24-/m0/s1. The van der Waals surface area contributed by atoms with E-state index in [1.165, 1.54) is 0 Å². The van der Waals surface area contributed by atoms with E-state index in [4.69, 9.17) is 19.2 Å². The molecule has 174 valence electrons. The SMILES string of the molecule is COc1ccc([C@H]2c3ccc(O)cc3Oc3ncn4nc(Cc5ccccc5)nc4c32)cc1OC. The Morgan fingerprint density at radius 2 is 1.80 bits per heavy atom. The van der Waals surface area contributed by atoms with Crippen molar-refractivity contribution < 1.29 is 19.3 Å². The summed E-state index contributed by atoms with van der Waals surface area (Å²) in [6.45, 7) is 0. The van der Waals surface area contributed by atoms with Gasteiger partial charge in [-0.1, -0.05) is 42.5 Å². The lowest BCUT2D eigenvalue weighted by molar-refractivity contribution is 0.354. The summed E-state index contributed by atoms with van der Waals surface area (Å²) in [6, 6.07) is 21.0. The molecule has 1 aliphatic rings. The highest BCUT2D eigenvalue weighted by Crippen LogP contribution is 2.49. The topological polar surface area (TPSA) is 91.0 Å². The van der Waals surface area contributed by atoms with E-state index >= 15 is 0 Å². The van der Waals surface area contributed by atoms with Crippen LogP contribution in [0.5, 0.6) is 28.9 Å². The average molecular weight is 466 g/mol. The lowest BCUT2D eigenvalue weighted by Crippen LogP contribution is -2.15. The predicted molar refractivity (Wildman–Crippen MR) is 129 cm³/mol. The number of aromatic nitrogens is 4. The minimum atomic E-state index is -0.279. The first-order valence-corrected chi connectivity index (χ1v) is 11.2. The number of nitrogens with zero attached hydrogens (tertiary/aromatic N) is 4. The van der Waals surface area contributed by atoms with Crippen LogP contribution in [0, 0.1) is 0 Å². The van der Waals surface area contributed by atoms with Gasteiger partial charge in [0.1, 0.15) is 17.8 Å². The van der Waals surface area contributed by atoms with Crippen LogP contribution in [0.4, 0.5) is 0 Å². The third-order valence-corrected chi connectivity index (χ3v) is 6.18. The molecule has 8 nitrogen and oxygen atoms in total. The smallest absolute Gasteiger partial charge is 0.228 e. The van der Waals surface area contributed by atoms with Crippen molar-refractivity contribution in [1.82, 2.24) is 19.6 Å². The van der Waals surface area contributed by atoms with E-state index < -0.39 is 0 Å². The Hall–Kier alpha value is -4.59. The molecule has 0 radical (unpaired) electrons. The second-order valence-electron chi connectivity index (χ2n) is 8.29. The fourth-order valence-electron chi connectivity index (χ4n) is 4.58. The van der Waals surface area contributed by atoms with Gasteiger partial charge in [-0.15, -0.1) is 5.10 Å². The molecule has 1 aliphatic heterocycles. The summed E-state index contributed by atoms with van der Waals surface area (Å²) in [6.07, 6.45) is 2.21. The van der Waals surface area contributed by atoms with Crippen molar-refractivity contribution in [2.24, 2.45) is 0 Å². The Morgan fingerprint density at radius 3 is 2.60 bits per heavy atom. The van der Waals surface area contributed by atoms with Crippen LogP contribution in [-0.2, 0) is 6.42 Å². The lowest BCUT2D eigenvalue weighted by atomic mass is 9.83. The molecular weight excluding hydrogens is 444 g/mol. The number of methoxy groups -OCH3 is 2. The summed E-state index contributed by atoms with van der Waals surface area (Å²) in [5.41, 5.74) is 4.41. The van der Waals surface area contributed by atoms with Gasteiger partial charge >= 0.3 is 0 Å². The summed E-state index contributed by atoms with van der Waals surface area (Å²) in [4.78, 5) is 9.44. The normalized spacial score (nSPS) is 14.2. The van der Waals surface area contributed by atoms with Gasteiger partial charge in [0, 0.05) is 24.0 Å². The first kappa shape index (κ1) is 21.0. The molecule has 3 aromatic carbocycles. The molecule has 8 heteroatoms. The molecule has 0 spiro atoms. The molecule has 1 atom stereocenters. The molecule has 0 aliphatic carbocycles. The van der Waals surface area contributed by atoms with Gasteiger partial charge in [0.2, 0.25) is 5.88 Å². The zero-order valence-corrected chi connectivity index (χ0v) is 19.2. The highest BCUT2D eigenvalue weighted by molar-refractivity contribution is 5.67. The number of hydrogen-bond acceptors (Lipinski definition) is 7. The monoisotopic (exact) mass is 466 g/mol. The minimum absolute atomic E-state index is 0.118. The molecule has 5 aromatic rings. The number of ether oxygens (including phenoxy) is 3. The van der Waals surface area contributed by atoms with Crippen LogP contribution >= 0.6 is 0 Å². The van der Waals surface area contributed by atoms with Crippen molar-refractivity contribution in [1.29, 1.82) is 0 Å². The van der Waals surface area contributed by atoms with Gasteiger partial charge in [-0.3, -0.25) is 0 Å². The van der Waals surface area contributed by atoms with Gasteiger partial charge in [0.15, 0.2) is 23.0 Å². The minimum Gasteiger partial charge on any atom is -0.508 e. The Morgan fingerprint density at radius 1 is 0.971 bits per heavy atom. The number of benzene rings is 3. The van der Waals surface area contributed by atoms with Crippen molar-refractivity contribution in [3.05, 3.63) is 101 Å². The van der Waals surface area contributed by atoms with E-state index in [0.29, 0.717) is 41.0 Å². The van der Waals surface area contributed by atoms with Gasteiger partial charge in [0.25, 0.3) is 0 Å². The molecule has 0 saturated carbocycles. The van der Waals surface area contributed by atoms with Crippen LogP contribution in [0.2, 0.25) is 0 Å². The lowest BCUT2D eigenvalue weighted by Gasteiger charge is -2.28. The van der Waals surface area contributed by atoms with Crippen molar-refractivity contribution >= 4 is 5.65 Å². The summed E-state index contributed by atoms with van der Waals surface area (Å²) < 4.78 is 18.9. The van der Waals surface area contributed by atoms with Crippen LogP contribution in [0.1, 0.15) is 34.0 Å². The maximum absolute atomic E-state index is 10.1. The highest BCUT2D eigenvalue weighted by atomic mass is 16.5. The van der Waals surface area contributed by atoms with E-state index in [9.17, 15) is 5.11 Å². The van der Waals surface area contributed by atoms with Gasteiger partial charge in [0.05, 0.1) is 19.8 Å². The Kier molecular flexibility index (Phi) is 4.99. The molecule has 0 bridgehead atoms. The maximum Gasteiger partial charge on any atom is 0.228 e. The van der Waals surface area contributed by atoms with Gasteiger partial charge in [-0.05, 0) is 29.3 Å². The third kappa shape index (κ3) is 3.59. The molecule has 3 heterocycles. The Bertz CT molecular complexity index is 1550. The molecule has 2 aromatic heterocycles. The van der Waals surface area contributed by atoms with Gasteiger partial charge in [-0.2, -0.15) is 0 Å². The van der Waals surface area contributed by atoms with Crippen molar-refractivity contribution in [2.45, 2.75) is 12.3 Å². The highest BCUT2D eigenvalue weighted by Gasteiger charge is 2.34. The first-order chi connectivity index (χ1) is 17.1. The number of phenolic OH excluding ortho intramolecular Hbond substituents is 1. The second-order valence-corrected chi connectivity index (χ2v) is 8.29. The zero-order valence-electron chi connectivity index (χ0n) is 19.2. The summed E-state index contributed by atoms with van der Waals surface area (Å²) in [5.74, 6) is 2.75. The van der Waals surface area contributed by atoms with E-state index in [0.717, 1.165) is 22.3 Å². The molecule has 0 unspecified atom stereocenters. The fraction of sp³-hybridized carbons (Fsp3) is 0.148. The predicted octanol–water partition coefficient (Wildman–Crippen LogP) is 4.72. The molecule has 35 heavy (non-hydrogen) atoms. The van der Waals surface area contributed by atoms with Crippen LogP contribution in [-0.4, -0.2) is 38.9 Å². The molecular formula is C27H22N4O4. The number of rotatable bonds is 5. The maximum atomic E-state index is 10.1. The molecule has 1 N–H and O–H groups in total. The molecule has 0 saturated heterocycles. The Labute approximate surface area is 201 Å². The summed E-state index contributed by atoms with van der Waals surface area (Å²) in [7, 11) is 3.22.